The first-order valence-electron chi connectivity index (χ1n) is 4.21. The van der Waals surface area contributed by atoms with Crippen molar-refractivity contribution in [2.45, 2.75) is 19.8 Å². The lowest BCUT2D eigenvalue weighted by Gasteiger charge is -2.00. The van der Waals surface area contributed by atoms with E-state index >= 15 is 0 Å². The minimum atomic E-state index is 0.109. The average Bonchev–Trinajstić information content (AvgIpc) is 2.43. The Morgan fingerprint density at radius 1 is 1.50 bits per heavy atom. The van der Waals surface area contributed by atoms with Crippen LogP contribution in [0.25, 0.3) is 0 Å². The molecular weight excluding hydrogens is 150 g/mol. The zero-order valence-electron chi connectivity index (χ0n) is 7.05. The van der Waals surface area contributed by atoms with Gasteiger partial charge in [-0.15, -0.1) is 0 Å². The molecular formula is C10H11NO. The lowest BCUT2D eigenvalue weighted by atomic mass is 10.1. The number of amides is 1. The predicted molar refractivity (Wildman–Crippen MR) is 48.2 cm³/mol. The molecule has 0 aromatic heterocycles. The van der Waals surface area contributed by atoms with Crippen molar-refractivity contribution in [2.24, 2.45) is 0 Å². The van der Waals surface area contributed by atoms with E-state index in [1.807, 2.05) is 6.07 Å². The van der Waals surface area contributed by atoms with Crippen LogP contribution in [0.15, 0.2) is 18.2 Å². The van der Waals surface area contributed by atoms with Gasteiger partial charge in [-0.25, -0.2) is 0 Å². The van der Waals surface area contributed by atoms with Crippen molar-refractivity contribution in [1.82, 2.24) is 0 Å². The number of carbonyl (C=O) groups excluding carboxylic acids is 1. The lowest BCUT2D eigenvalue weighted by Crippen LogP contribution is -2.03. The number of hydrogen-bond acceptors (Lipinski definition) is 1. The fraction of sp³-hybridized carbons (Fsp3) is 0.300. The second kappa shape index (κ2) is 2.63. The molecule has 0 spiro atoms. The molecule has 0 saturated heterocycles. The molecule has 1 aromatic carbocycles. The summed E-state index contributed by atoms with van der Waals surface area (Å²) in [6, 6.07) is 6.15. The predicted octanol–water partition coefficient (Wildman–Crippen LogP) is 1.74. The number of benzene rings is 1. The van der Waals surface area contributed by atoms with E-state index in [9.17, 15) is 4.79 Å². The van der Waals surface area contributed by atoms with Gasteiger partial charge in [-0.05, 0) is 23.6 Å². The third-order valence-electron chi connectivity index (χ3n) is 2.20. The second-order valence-corrected chi connectivity index (χ2v) is 3.07. The van der Waals surface area contributed by atoms with Crippen molar-refractivity contribution < 1.29 is 4.79 Å². The summed E-state index contributed by atoms with van der Waals surface area (Å²) in [5.74, 6) is 0.109. The van der Waals surface area contributed by atoms with Crippen LogP contribution in [0.4, 0.5) is 5.69 Å². The molecule has 0 aliphatic carbocycles. The first-order valence-corrected chi connectivity index (χ1v) is 4.21. The van der Waals surface area contributed by atoms with Crippen molar-refractivity contribution in [3.05, 3.63) is 29.3 Å². The van der Waals surface area contributed by atoms with E-state index in [1.54, 1.807) is 0 Å². The number of hydrogen-bond donors (Lipinski definition) is 1. The van der Waals surface area contributed by atoms with Crippen molar-refractivity contribution in [3.63, 3.8) is 0 Å². The van der Waals surface area contributed by atoms with Crippen LogP contribution in [0, 0.1) is 0 Å². The molecule has 1 aliphatic rings. The number of anilines is 1. The van der Waals surface area contributed by atoms with Crippen LogP contribution < -0.4 is 5.32 Å². The Morgan fingerprint density at radius 3 is 3.08 bits per heavy atom. The molecule has 2 nitrogen and oxygen atoms in total. The van der Waals surface area contributed by atoms with E-state index in [4.69, 9.17) is 0 Å². The molecule has 0 atom stereocenters. The Bertz CT molecular complexity index is 331. The third kappa shape index (κ3) is 1.09. The highest BCUT2D eigenvalue weighted by atomic mass is 16.1. The Morgan fingerprint density at radius 2 is 2.33 bits per heavy atom. The molecule has 1 aromatic rings. The minimum absolute atomic E-state index is 0.109. The largest absolute Gasteiger partial charge is 0.326 e. The van der Waals surface area contributed by atoms with Gasteiger partial charge in [-0.3, -0.25) is 4.79 Å². The van der Waals surface area contributed by atoms with Gasteiger partial charge in [0.2, 0.25) is 5.91 Å². The second-order valence-electron chi connectivity index (χ2n) is 3.07. The molecule has 1 heterocycles. The highest BCUT2D eigenvalue weighted by molar-refractivity contribution is 5.99. The van der Waals surface area contributed by atoms with E-state index in [-0.39, 0.29) is 5.91 Å². The summed E-state index contributed by atoms with van der Waals surface area (Å²) in [5.41, 5.74) is 3.42. The Kier molecular flexibility index (Phi) is 1.61. The highest BCUT2D eigenvalue weighted by Crippen LogP contribution is 2.23. The third-order valence-corrected chi connectivity index (χ3v) is 2.20. The van der Waals surface area contributed by atoms with E-state index in [0.717, 1.165) is 17.7 Å². The van der Waals surface area contributed by atoms with Crippen LogP contribution in [0.3, 0.4) is 0 Å². The quantitative estimate of drug-likeness (QED) is 0.667. The number of nitrogens with one attached hydrogen (secondary N) is 1. The summed E-state index contributed by atoms with van der Waals surface area (Å²) >= 11 is 0. The van der Waals surface area contributed by atoms with Crippen molar-refractivity contribution >= 4 is 11.6 Å². The molecule has 62 valence electrons. The molecule has 2 rings (SSSR count). The Hall–Kier alpha value is -1.31. The van der Waals surface area contributed by atoms with E-state index in [2.05, 4.69) is 24.4 Å². The number of rotatable bonds is 1. The molecule has 1 N–H and O–H groups in total. The van der Waals surface area contributed by atoms with Crippen LogP contribution in [0.1, 0.15) is 18.1 Å². The van der Waals surface area contributed by atoms with E-state index < -0.39 is 0 Å². The molecule has 2 heteroatoms. The first-order chi connectivity index (χ1) is 5.79. The van der Waals surface area contributed by atoms with Gasteiger partial charge < -0.3 is 5.32 Å². The topological polar surface area (TPSA) is 29.1 Å². The van der Waals surface area contributed by atoms with Crippen LogP contribution >= 0.6 is 0 Å². The standard InChI is InChI=1S/C10H11NO/c1-2-7-3-4-9-8(5-7)6-10(12)11-9/h3-5H,2,6H2,1H3,(H,11,12). The van der Waals surface area contributed by atoms with Crippen molar-refractivity contribution in [3.8, 4) is 0 Å². The molecule has 0 unspecified atom stereocenters. The molecule has 0 bridgehead atoms. The summed E-state index contributed by atoms with van der Waals surface area (Å²) in [6.45, 7) is 2.12. The highest BCUT2D eigenvalue weighted by Gasteiger charge is 2.16. The zero-order chi connectivity index (χ0) is 8.55. The molecule has 0 saturated carbocycles. The summed E-state index contributed by atoms with van der Waals surface area (Å²) in [7, 11) is 0. The van der Waals surface area contributed by atoms with Crippen molar-refractivity contribution in [1.29, 1.82) is 0 Å². The van der Waals surface area contributed by atoms with Gasteiger partial charge >= 0.3 is 0 Å². The normalized spacial score (nSPS) is 14.2. The molecule has 0 radical (unpaired) electrons. The van der Waals surface area contributed by atoms with Crippen LogP contribution in [-0.4, -0.2) is 5.91 Å². The van der Waals surface area contributed by atoms with Gasteiger partial charge in [0.05, 0.1) is 6.42 Å². The van der Waals surface area contributed by atoms with Gasteiger partial charge in [0.1, 0.15) is 0 Å². The summed E-state index contributed by atoms with van der Waals surface area (Å²) in [5, 5.41) is 2.81. The van der Waals surface area contributed by atoms with Crippen molar-refractivity contribution in [2.75, 3.05) is 5.32 Å². The smallest absolute Gasteiger partial charge is 0.228 e. The molecule has 1 aliphatic heterocycles. The number of fused-ring (bicyclic) bond motifs is 1. The maximum absolute atomic E-state index is 11.0. The molecule has 0 fully saturated rings. The maximum Gasteiger partial charge on any atom is 0.228 e. The Labute approximate surface area is 71.6 Å². The fourth-order valence-corrected chi connectivity index (χ4v) is 1.50. The first kappa shape index (κ1) is 7.35. The average molecular weight is 161 g/mol. The van der Waals surface area contributed by atoms with E-state index in [1.165, 1.54) is 5.56 Å². The van der Waals surface area contributed by atoms with E-state index in [0.29, 0.717) is 6.42 Å². The van der Waals surface area contributed by atoms with Gasteiger partial charge in [0, 0.05) is 5.69 Å². The minimum Gasteiger partial charge on any atom is -0.326 e. The number of carbonyl (C=O) groups is 1. The number of aryl methyl sites for hydroxylation is 1. The van der Waals surface area contributed by atoms with Gasteiger partial charge in [0.25, 0.3) is 0 Å². The Balaban J connectivity index is 2.41. The lowest BCUT2D eigenvalue weighted by molar-refractivity contribution is -0.115. The summed E-state index contributed by atoms with van der Waals surface area (Å²) in [4.78, 5) is 11.0. The molecule has 12 heavy (non-hydrogen) atoms. The fourth-order valence-electron chi connectivity index (χ4n) is 1.50. The van der Waals surface area contributed by atoms with Gasteiger partial charge in [0.15, 0.2) is 0 Å². The van der Waals surface area contributed by atoms with Gasteiger partial charge in [-0.1, -0.05) is 19.1 Å². The van der Waals surface area contributed by atoms with Crippen LogP contribution in [0.5, 0.6) is 0 Å². The molecule has 1 amide bonds. The van der Waals surface area contributed by atoms with Crippen LogP contribution in [-0.2, 0) is 17.6 Å². The summed E-state index contributed by atoms with van der Waals surface area (Å²) in [6.07, 6.45) is 1.57. The maximum atomic E-state index is 11.0. The van der Waals surface area contributed by atoms with Crippen LogP contribution in [0.2, 0.25) is 0 Å². The monoisotopic (exact) mass is 161 g/mol. The SMILES string of the molecule is CCc1ccc2c(c1)CC(=O)N2. The zero-order valence-corrected chi connectivity index (χ0v) is 7.05. The summed E-state index contributed by atoms with van der Waals surface area (Å²) < 4.78 is 0. The van der Waals surface area contributed by atoms with Gasteiger partial charge in [-0.2, -0.15) is 0 Å².